The predicted molar refractivity (Wildman–Crippen MR) is 65.3 cm³/mol. The third kappa shape index (κ3) is 3.12. The van der Waals surface area contributed by atoms with E-state index in [4.69, 9.17) is 9.78 Å². The predicted octanol–water partition coefficient (Wildman–Crippen LogP) is 2.38. The normalized spacial score (nSPS) is 12.3. The van der Waals surface area contributed by atoms with Gasteiger partial charge in [0.25, 0.3) is 0 Å². The summed E-state index contributed by atoms with van der Waals surface area (Å²) in [7, 11) is 0. The van der Waals surface area contributed by atoms with Crippen LogP contribution in [0.1, 0.15) is 12.3 Å². The van der Waals surface area contributed by atoms with Gasteiger partial charge in [0.2, 0.25) is 11.7 Å². The number of halogens is 1. The SMILES string of the molecule is N#CCC(O)Cc1nc(-c2cc(Br)cs2)no1. The van der Waals surface area contributed by atoms with Crippen LogP contribution in [0.25, 0.3) is 10.7 Å². The van der Waals surface area contributed by atoms with Crippen molar-refractivity contribution in [2.45, 2.75) is 18.9 Å². The van der Waals surface area contributed by atoms with Crippen molar-refractivity contribution < 1.29 is 9.63 Å². The van der Waals surface area contributed by atoms with Crippen molar-refractivity contribution >= 4 is 27.3 Å². The highest BCUT2D eigenvalue weighted by Gasteiger charge is 2.14. The molecular weight excluding hydrogens is 306 g/mol. The Balaban J connectivity index is 2.09. The van der Waals surface area contributed by atoms with Crippen LogP contribution in [-0.4, -0.2) is 21.4 Å². The van der Waals surface area contributed by atoms with E-state index < -0.39 is 6.10 Å². The van der Waals surface area contributed by atoms with Crippen molar-refractivity contribution in [2.24, 2.45) is 0 Å². The fourth-order valence-electron chi connectivity index (χ4n) is 1.25. The molecule has 2 rings (SSSR count). The van der Waals surface area contributed by atoms with Crippen LogP contribution in [0.15, 0.2) is 20.4 Å². The number of hydrogen-bond acceptors (Lipinski definition) is 6. The first-order valence-corrected chi connectivity index (χ1v) is 6.48. The van der Waals surface area contributed by atoms with Crippen LogP contribution in [0.2, 0.25) is 0 Å². The zero-order chi connectivity index (χ0) is 12.3. The molecule has 2 aromatic rings. The first kappa shape index (κ1) is 12.2. The molecule has 1 atom stereocenters. The van der Waals surface area contributed by atoms with E-state index in [9.17, 15) is 5.11 Å². The Morgan fingerprint density at radius 2 is 2.47 bits per heavy atom. The summed E-state index contributed by atoms with van der Waals surface area (Å²) in [5.41, 5.74) is 0. The molecule has 17 heavy (non-hydrogen) atoms. The molecule has 0 aliphatic carbocycles. The largest absolute Gasteiger partial charge is 0.392 e. The van der Waals surface area contributed by atoms with E-state index in [0.717, 1.165) is 9.35 Å². The van der Waals surface area contributed by atoms with Crippen molar-refractivity contribution in [2.75, 3.05) is 0 Å². The van der Waals surface area contributed by atoms with Crippen molar-refractivity contribution in [3.63, 3.8) is 0 Å². The van der Waals surface area contributed by atoms with Crippen LogP contribution in [-0.2, 0) is 6.42 Å². The zero-order valence-corrected chi connectivity index (χ0v) is 11.0. The van der Waals surface area contributed by atoms with Gasteiger partial charge in [-0.2, -0.15) is 10.2 Å². The summed E-state index contributed by atoms with van der Waals surface area (Å²) in [5, 5.41) is 23.6. The van der Waals surface area contributed by atoms with Gasteiger partial charge in [0.1, 0.15) is 0 Å². The summed E-state index contributed by atoms with van der Waals surface area (Å²) in [6.45, 7) is 0. The summed E-state index contributed by atoms with van der Waals surface area (Å²) in [4.78, 5) is 5.05. The molecule has 0 saturated heterocycles. The first-order valence-electron chi connectivity index (χ1n) is 4.81. The van der Waals surface area contributed by atoms with Gasteiger partial charge in [-0.05, 0) is 22.0 Å². The third-order valence-corrected chi connectivity index (χ3v) is 3.68. The maximum absolute atomic E-state index is 9.43. The molecular formula is C10H8BrN3O2S. The highest BCUT2D eigenvalue weighted by molar-refractivity contribution is 9.10. The van der Waals surface area contributed by atoms with Gasteiger partial charge >= 0.3 is 0 Å². The third-order valence-electron chi connectivity index (χ3n) is 1.99. The standard InChI is InChI=1S/C10H8BrN3O2S/c11-6-3-8(17-5-6)10-13-9(16-14-10)4-7(15)1-2-12/h3,5,7,15H,1,4H2. The molecule has 1 unspecified atom stereocenters. The number of nitrogens with zero attached hydrogens (tertiary/aromatic N) is 3. The molecule has 0 saturated carbocycles. The van der Waals surface area contributed by atoms with Crippen LogP contribution in [0.5, 0.6) is 0 Å². The molecule has 0 bridgehead atoms. The molecule has 2 heterocycles. The molecule has 0 aliphatic heterocycles. The maximum Gasteiger partial charge on any atom is 0.229 e. The molecule has 0 aliphatic rings. The van der Waals surface area contributed by atoms with E-state index in [2.05, 4.69) is 26.1 Å². The average Bonchev–Trinajstić information content (AvgIpc) is 2.87. The highest BCUT2D eigenvalue weighted by Crippen LogP contribution is 2.27. The lowest BCUT2D eigenvalue weighted by molar-refractivity contribution is 0.167. The first-order chi connectivity index (χ1) is 8.19. The van der Waals surface area contributed by atoms with Crippen molar-refractivity contribution in [1.82, 2.24) is 10.1 Å². The second-order valence-corrected chi connectivity index (χ2v) is 5.19. The van der Waals surface area contributed by atoms with Crippen LogP contribution in [0.4, 0.5) is 0 Å². The minimum absolute atomic E-state index is 0.0578. The summed E-state index contributed by atoms with van der Waals surface area (Å²) < 4.78 is 5.97. The Morgan fingerprint density at radius 1 is 1.65 bits per heavy atom. The Labute approximate surface area is 110 Å². The number of thiophene rings is 1. The molecule has 7 heteroatoms. The van der Waals surface area contributed by atoms with Gasteiger partial charge < -0.3 is 9.63 Å². The van der Waals surface area contributed by atoms with Crippen molar-refractivity contribution in [1.29, 1.82) is 5.26 Å². The zero-order valence-electron chi connectivity index (χ0n) is 8.63. The van der Waals surface area contributed by atoms with E-state index in [-0.39, 0.29) is 12.8 Å². The summed E-state index contributed by atoms with van der Waals surface area (Å²) in [6.07, 6.45) is -0.501. The van der Waals surface area contributed by atoms with Gasteiger partial charge in [0.05, 0.1) is 29.9 Å². The minimum atomic E-state index is -0.761. The molecule has 2 aromatic heterocycles. The Morgan fingerprint density at radius 3 is 3.12 bits per heavy atom. The molecule has 5 nitrogen and oxygen atoms in total. The van der Waals surface area contributed by atoms with Crippen molar-refractivity contribution in [3.8, 4) is 16.8 Å². The van der Waals surface area contributed by atoms with Gasteiger partial charge in [0.15, 0.2) is 0 Å². The summed E-state index contributed by atoms with van der Waals surface area (Å²) in [5.74, 6) is 0.840. The summed E-state index contributed by atoms with van der Waals surface area (Å²) in [6, 6.07) is 3.78. The van der Waals surface area contributed by atoms with Crippen LogP contribution in [0.3, 0.4) is 0 Å². The van der Waals surface area contributed by atoms with Crippen LogP contribution < -0.4 is 0 Å². The molecule has 0 radical (unpaired) electrons. The van der Waals surface area contributed by atoms with E-state index in [0.29, 0.717) is 11.7 Å². The fourth-order valence-corrected chi connectivity index (χ4v) is 2.60. The number of hydrogen-bond donors (Lipinski definition) is 1. The second kappa shape index (κ2) is 5.40. The lowest BCUT2D eigenvalue weighted by Gasteiger charge is -1.99. The van der Waals surface area contributed by atoms with Gasteiger partial charge in [-0.15, -0.1) is 11.3 Å². The quantitative estimate of drug-likeness (QED) is 0.937. The Hall–Kier alpha value is -1.23. The summed E-state index contributed by atoms with van der Waals surface area (Å²) >= 11 is 4.84. The fraction of sp³-hybridized carbons (Fsp3) is 0.300. The van der Waals surface area contributed by atoms with Crippen molar-refractivity contribution in [3.05, 3.63) is 21.8 Å². The van der Waals surface area contributed by atoms with Gasteiger partial charge in [0, 0.05) is 9.85 Å². The molecule has 0 spiro atoms. The van der Waals surface area contributed by atoms with Gasteiger partial charge in [-0.3, -0.25) is 0 Å². The number of aliphatic hydroxyl groups excluding tert-OH is 1. The van der Waals surface area contributed by atoms with Crippen LogP contribution >= 0.6 is 27.3 Å². The van der Waals surface area contributed by atoms with Crippen LogP contribution in [0, 0.1) is 11.3 Å². The van der Waals surface area contributed by atoms with E-state index >= 15 is 0 Å². The monoisotopic (exact) mass is 313 g/mol. The average molecular weight is 314 g/mol. The lowest BCUT2D eigenvalue weighted by atomic mass is 10.2. The number of aliphatic hydroxyl groups is 1. The molecule has 0 fully saturated rings. The molecule has 0 amide bonds. The Kier molecular flexibility index (Phi) is 3.89. The topological polar surface area (TPSA) is 82.9 Å². The van der Waals surface area contributed by atoms with E-state index in [1.165, 1.54) is 11.3 Å². The maximum atomic E-state index is 9.43. The number of rotatable bonds is 4. The number of nitriles is 1. The van der Waals surface area contributed by atoms with E-state index in [1.54, 1.807) is 0 Å². The molecule has 0 aromatic carbocycles. The lowest BCUT2D eigenvalue weighted by Crippen LogP contribution is -2.09. The Bertz CT molecular complexity index is 546. The smallest absolute Gasteiger partial charge is 0.229 e. The number of aromatic nitrogens is 2. The second-order valence-electron chi connectivity index (χ2n) is 3.36. The van der Waals surface area contributed by atoms with E-state index in [1.807, 2.05) is 17.5 Å². The highest BCUT2D eigenvalue weighted by atomic mass is 79.9. The molecule has 88 valence electrons. The van der Waals surface area contributed by atoms with Gasteiger partial charge in [-0.25, -0.2) is 0 Å². The molecule has 1 N–H and O–H groups in total. The van der Waals surface area contributed by atoms with Gasteiger partial charge in [-0.1, -0.05) is 5.16 Å². The minimum Gasteiger partial charge on any atom is -0.392 e.